The molecule has 0 aliphatic rings. The number of nitrogens with zero attached hydrogens (tertiary/aromatic N) is 1. The van der Waals surface area contributed by atoms with Crippen molar-refractivity contribution in [2.45, 2.75) is 20.5 Å². The molecule has 4 aromatic rings. The van der Waals surface area contributed by atoms with E-state index in [1.165, 1.54) is 5.39 Å². The second kappa shape index (κ2) is 10.9. The van der Waals surface area contributed by atoms with Gasteiger partial charge in [0.2, 0.25) is 0 Å². The SMILES string of the molecule is CCOc1cc(/C=N\NC(=O)c2ccc(C)c(Cl)c2)ccc1OCc1cccc2ccccc12. The second-order valence-electron chi connectivity index (χ2n) is 7.73. The smallest absolute Gasteiger partial charge is 0.271 e. The Morgan fingerprint density at radius 1 is 0.971 bits per heavy atom. The van der Waals surface area contributed by atoms with Crippen LogP contribution in [-0.4, -0.2) is 18.7 Å². The number of halogens is 1. The molecule has 0 unspecified atom stereocenters. The number of hydrazone groups is 1. The Kier molecular flexibility index (Phi) is 7.45. The monoisotopic (exact) mass is 472 g/mol. The molecule has 0 heterocycles. The van der Waals surface area contributed by atoms with E-state index in [2.05, 4.69) is 34.8 Å². The fourth-order valence-corrected chi connectivity index (χ4v) is 3.71. The molecule has 0 saturated carbocycles. The molecule has 0 spiro atoms. The third-order valence-corrected chi connectivity index (χ3v) is 5.75. The molecule has 4 aromatic carbocycles. The molecule has 1 amide bonds. The normalized spacial score (nSPS) is 11.0. The summed E-state index contributed by atoms with van der Waals surface area (Å²) in [5.41, 5.74) is 5.75. The lowest BCUT2D eigenvalue weighted by molar-refractivity contribution is 0.0955. The van der Waals surface area contributed by atoms with Gasteiger partial charge in [-0.3, -0.25) is 4.79 Å². The van der Waals surface area contributed by atoms with Crippen molar-refractivity contribution in [3.8, 4) is 11.5 Å². The van der Waals surface area contributed by atoms with Crippen molar-refractivity contribution < 1.29 is 14.3 Å². The number of ether oxygens (including phenoxy) is 2. The van der Waals surface area contributed by atoms with E-state index in [-0.39, 0.29) is 5.91 Å². The van der Waals surface area contributed by atoms with Gasteiger partial charge in [0, 0.05) is 10.6 Å². The van der Waals surface area contributed by atoms with Gasteiger partial charge < -0.3 is 9.47 Å². The van der Waals surface area contributed by atoms with Gasteiger partial charge in [0.15, 0.2) is 11.5 Å². The van der Waals surface area contributed by atoms with Crippen LogP contribution in [0, 0.1) is 6.92 Å². The van der Waals surface area contributed by atoms with E-state index in [1.807, 2.05) is 50.2 Å². The Hall–Kier alpha value is -3.83. The predicted octanol–water partition coefficient (Wildman–Crippen LogP) is 6.54. The Balaban J connectivity index is 1.45. The maximum absolute atomic E-state index is 12.3. The Labute approximate surface area is 204 Å². The number of amides is 1. The maximum atomic E-state index is 12.3. The maximum Gasteiger partial charge on any atom is 0.271 e. The minimum Gasteiger partial charge on any atom is -0.490 e. The number of aryl methyl sites for hydroxylation is 1. The van der Waals surface area contributed by atoms with Crippen molar-refractivity contribution in [2.24, 2.45) is 5.10 Å². The lowest BCUT2D eigenvalue weighted by Gasteiger charge is -2.13. The van der Waals surface area contributed by atoms with Crippen LogP contribution in [0.3, 0.4) is 0 Å². The number of hydrogen-bond donors (Lipinski definition) is 1. The minimum absolute atomic E-state index is 0.335. The molecule has 0 bridgehead atoms. The number of carbonyl (C=O) groups excluding carboxylic acids is 1. The van der Waals surface area contributed by atoms with Gasteiger partial charge >= 0.3 is 0 Å². The molecular formula is C28H25ClN2O3. The number of nitrogens with one attached hydrogen (secondary N) is 1. The zero-order chi connectivity index (χ0) is 23.9. The van der Waals surface area contributed by atoms with E-state index in [1.54, 1.807) is 24.4 Å². The molecule has 5 nitrogen and oxygen atoms in total. The van der Waals surface area contributed by atoms with Gasteiger partial charge in [-0.2, -0.15) is 5.10 Å². The summed E-state index contributed by atoms with van der Waals surface area (Å²) >= 11 is 6.10. The van der Waals surface area contributed by atoms with Gasteiger partial charge in [-0.05, 0) is 71.6 Å². The van der Waals surface area contributed by atoms with E-state index in [9.17, 15) is 4.79 Å². The van der Waals surface area contributed by atoms with E-state index < -0.39 is 0 Å². The van der Waals surface area contributed by atoms with Crippen LogP contribution in [0.4, 0.5) is 0 Å². The molecule has 34 heavy (non-hydrogen) atoms. The highest BCUT2D eigenvalue weighted by Gasteiger charge is 2.09. The Morgan fingerprint density at radius 2 is 1.79 bits per heavy atom. The fraction of sp³-hybridized carbons (Fsp3) is 0.143. The number of hydrogen-bond acceptors (Lipinski definition) is 4. The molecule has 0 aromatic heterocycles. The van der Waals surface area contributed by atoms with Crippen LogP contribution >= 0.6 is 11.6 Å². The number of carbonyl (C=O) groups is 1. The first-order valence-corrected chi connectivity index (χ1v) is 11.4. The molecule has 0 aliphatic carbocycles. The molecule has 1 N–H and O–H groups in total. The highest BCUT2D eigenvalue weighted by atomic mass is 35.5. The van der Waals surface area contributed by atoms with E-state index in [0.29, 0.717) is 35.3 Å². The highest BCUT2D eigenvalue weighted by Crippen LogP contribution is 2.30. The van der Waals surface area contributed by atoms with Crippen LogP contribution < -0.4 is 14.9 Å². The summed E-state index contributed by atoms with van der Waals surface area (Å²) in [6, 6.07) is 25.1. The number of fused-ring (bicyclic) bond motifs is 1. The average Bonchev–Trinajstić information content (AvgIpc) is 2.85. The molecule has 172 valence electrons. The van der Waals surface area contributed by atoms with Gasteiger partial charge in [0.25, 0.3) is 5.91 Å². The van der Waals surface area contributed by atoms with Gasteiger partial charge in [0.05, 0.1) is 12.8 Å². The summed E-state index contributed by atoms with van der Waals surface area (Å²) in [7, 11) is 0. The largest absolute Gasteiger partial charge is 0.490 e. The molecule has 6 heteroatoms. The molecule has 4 rings (SSSR count). The van der Waals surface area contributed by atoms with Crippen molar-refractivity contribution in [3.63, 3.8) is 0 Å². The summed E-state index contributed by atoms with van der Waals surface area (Å²) in [4.78, 5) is 12.3. The van der Waals surface area contributed by atoms with Gasteiger partial charge in [-0.25, -0.2) is 5.43 Å². The number of rotatable bonds is 8. The highest BCUT2D eigenvalue weighted by molar-refractivity contribution is 6.31. The van der Waals surface area contributed by atoms with Crippen molar-refractivity contribution in [2.75, 3.05) is 6.61 Å². The van der Waals surface area contributed by atoms with Crippen LogP contribution in [-0.2, 0) is 6.61 Å². The standard InChI is InChI=1S/C28H25ClN2O3/c1-3-33-27-15-20(17-30-31-28(32)22-13-11-19(2)25(29)16-22)12-14-26(27)34-18-23-9-6-8-21-7-4-5-10-24(21)23/h4-17H,3,18H2,1-2H3,(H,31,32)/b30-17-. The second-order valence-corrected chi connectivity index (χ2v) is 8.14. The molecular weight excluding hydrogens is 448 g/mol. The van der Waals surface area contributed by atoms with Crippen LogP contribution in [0.5, 0.6) is 11.5 Å². The third kappa shape index (κ3) is 5.56. The zero-order valence-corrected chi connectivity index (χ0v) is 19.8. The van der Waals surface area contributed by atoms with E-state index in [4.69, 9.17) is 21.1 Å². The third-order valence-electron chi connectivity index (χ3n) is 5.34. The molecule has 0 atom stereocenters. The number of benzene rings is 4. The average molecular weight is 473 g/mol. The van der Waals surface area contributed by atoms with Crippen LogP contribution in [0.2, 0.25) is 5.02 Å². The Morgan fingerprint density at radius 3 is 2.62 bits per heavy atom. The first-order valence-electron chi connectivity index (χ1n) is 11.0. The fourth-order valence-electron chi connectivity index (χ4n) is 3.53. The first-order chi connectivity index (χ1) is 16.5. The van der Waals surface area contributed by atoms with Crippen LogP contribution in [0.15, 0.2) is 84.0 Å². The minimum atomic E-state index is -0.335. The Bertz CT molecular complexity index is 1350. The molecule has 0 aliphatic heterocycles. The lowest BCUT2D eigenvalue weighted by atomic mass is 10.1. The summed E-state index contributed by atoms with van der Waals surface area (Å²) in [6.07, 6.45) is 1.56. The van der Waals surface area contributed by atoms with Gasteiger partial charge in [0.1, 0.15) is 6.61 Å². The molecule has 0 radical (unpaired) electrons. The summed E-state index contributed by atoms with van der Waals surface area (Å²) < 4.78 is 11.9. The lowest BCUT2D eigenvalue weighted by Crippen LogP contribution is -2.17. The predicted molar refractivity (Wildman–Crippen MR) is 137 cm³/mol. The summed E-state index contributed by atoms with van der Waals surface area (Å²) in [6.45, 7) is 4.72. The zero-order valence-electron chi connectivity index (χ0n) is 19.0. The van der Waals surface area contributed by atoms with Crippen molar-refractivity contribution in [1.29, 1.82) is 0 Å². The van der Waals surface area contributed by atoms with Gasteiger partial charge in [-0.1, -0.05) is 60.1 Å². The van der Waals surface area contributed by atoms with Crippen LogP contribution in [0.1, 0.15) is 34.0 Å². The van der Waals surface area contributed by atoms with E-state index in [0.717, 1.165) is 22.1 Å². The molecule has 0 saturated heterocycles. The summed E-state index contributed by atoms with van der Waals surface area (Å²) in [5.74, 6) is 0.923. The van der Waals surface area contributed by atoms with E-state index >= 15 is 0 Å². The quantitative estimate of drug-likeness (QED) is 0.234. The van der Waals surface area contributed by atoms with Gasteiger partial charge in [-0.15, -0.1) is 0 Å². The molecule has 0 fully saturated rings. The van der Waals surface area contributed by atoms with Crippen molar-refractivity contribution in [1.82, 2.24) is 5.43 Å². The topological polar surface area (TPSA) is 59.9 Å². The summed E-state index contributed by atoms with van der Waals surface area (Å²) in [5, 5.41) is 6.94. The van der Waals surface area contributed by atoms with Crippen LogP contribution in [0.25, 0.3) is 10.8 Å². The first kappa shape index (κ1) is 23.3. The van der Waals surface area contributed by atoms with Crippen molar-refractivity contribution >= 4 is 34.5 Å². The van der Waals surface area contributed by atoms with Crippen molar-refractivity contribution in [3.05, 3.63) is 106 Å².